The van der Waals surface area contributed by atoms with Gasteiger partial charge in [-0.05, 0) is 31.2 Å². The van der Waals surface area contributed by atoms with Gasteiger partial charge in [-0.2, -0.15) is 13.2 Å². The average Bonchev–Trinajstić information content (AvgIpc) is 3.35. The van der Waals surface area contributed by atoms with Crippen LogP contribution in [-0.4, -0.2) is 20.9 Å². The van der Waals surface area contributed by atoms with Crippen LogP contribution in [0.3, 0.4) is 0 Å². The first kappa shape index (κ1) is 19.6. The molecule has 0 aliphatic heterocycles. The maximum atomic E-state index is 13.5. The normalized spacial score (nSPS) is 11.6. The molecule has 2 aromatic carbocycles. The number of Topliss-reactive ketones (excluding diaryl/α,β-unsaturated/α-hetero) is 1. The Kier molecular flexibility index (Phi) is 4.73. The molecule has 0 unspecified atom stereocenters. The maximum Gasteiger partial charge on any atom is 0.453 e. The Balaban J connectivity index is 1.81. The van der Waals surface area contributed by atoms with Crippen molar-refractivity contribution in [1.29, 1.82) is 0 Å². The number of halogens is 4. The van der Waals surface area contributed by atoms with E-state index < -0.39 is 17.8 Å². The number of H-pyrrole nitrogens is 1. The van der Waals surface area contributed by atoms with Crippen LogP contribution in [0, 0.1) is 5.82 Å². The summed E-state index contributed by atoms with van der Waals surface area (Å²) in [6.45, 7) is 1.43. The van der Waals surface area contributed by atoms with Crippen LogP contribution >= 0.6 is 0 Å². The van der Waals surface area contributed by atoms with Crippen LogP contribution < -0.4 is 0 Å². The number of hydrogen-bond donors (Lipinski definition) is 1. The number of imidazole rings is 1. The van der Waals surface area contributed by atoms with E-state index >= 15 is 0 Å². The molecule has 0 atom stereocenters. The van der Waals surface area contributed by atoms with Crippen LogP contribution in [0.4, 0.5) is 17.6 Å². The highest BCUT2D eigenvalue weighted by atomic mass is 19.4. The summed E-state index contributed by atoms with van der Waals surface area (Å²) >= 11 is 0. The number of aromatic amines is 1. The smallest absolute Gasteiger partial charge is 0.350 e. The Bertz CT molecular complexity index is 1210. The van der Waals surface area contributed by atoms with E-state index in [-0.39, 0.29) is 28.3 Å². The Morgan fingerprint density at radius 3 is 2.23 bits per heavy atom. The van der Waals surface area contributed by atoms with Crippen molar-refractivity contribution in [2.45, 2.75) is 13.1 Å². The molecule has 5 nitrogen and oxygen atoms in total. The van der Waals surface area contributed by atoms with Crippen molar-refractivity contribution in [2.24, 2.45) is 0 Å². The number of alkyl halides is 3. The number of benzene rings is 2. The van der Waals surface area contributed by atoms with Gasteiger partial charge in [-0.15, -0.1) is 0 Å². The van der Waals surface area contributed by atoms with Gasteiger partial charge in [0.1, 0.15) is 17.3 Å². The lowest BCUT2D eigenvalue weighted by atomic mass is 10.0. The third-order valence-electron chi connectivity index (χ3n) is 4.48. The minimum absolute atomic E-state index is 0.0357. The summed E-state index contributed by atoms with van der Waals surface area (Å²) in [5.41, 5.74) is 0.959. The first-order chi connectivity index (χ1) is 14.2. The molecule has 0 aliphatic carbocycles. The fourth-order valence-corrected chi connectivity index (χ4v) is 3.00. The van der Waals surface area contributed by atoms with E-state index in [1.165, 1.54) is 25.3 Å². The summed E-state index contributed by atoms with van der Waals surface area (Å²) in [5, 5.41) is 3.57. The van der Waals surface area contributed by atoms with Gasteiger partial charge in [-0.25, -0.2) is 9.37 Å². The molecule has 4 aromatic rings. The summed E-state index contributed by atoms with van der Waals surface area (Å²) in [6, 6.07) is 11.3. The van der Waals surface area contributed by atoms with Crippen molar-refractivity contribution in [3.63, 3.8) is 0 Å². The van der Waals surface area contributed by atoms with Crippen molar-refractivity contribution in [3.8, 4) is 33.9 Å². The predicted octanol–water partition coefficient (Wildman–Crippen LogP) is 5.76. The standard InChI is InChI=1S/C21H13F4N3O2/c1-11(29)12-2-4-14(5-3-12)20-26-10-16(27-20)17-18(13-6-8-15(22)9-7-13)28-30-19(17)21(23,24)25/h2-10H,1H3,(H,26,27). The number of nitrogens with one attached hydrogen (secondary N) is 1. The third kappa shape index (κ3) is 3.61. The van der Waals surface area contributed by atoms with Gasteiger partial charge >= 0.3 is 6.18 Å². The van der Waals surface area contributed by atoms with Crippen molar-refractivity contribution in [1.82, 2.24) is 15.1 Å². The minimum Gasteiger partial charge on any atom is -0.350 e. The Labute approximate surface area is 167 Å². The van der Waals surface area contributed by atoms with Crippen LogP contribution in [0.1, 0.15) is 23.0 Å². The molecule has 0 fully saturated rings. The lowest BCUT2D eigenvalue weighted by Gasteiger charge is -2.05. The summed E-state index contributed by atoms with van der Waals surface area (Å²) in [4.78, 5) is 18.4. The largest absolute Gasteiger partial charge is 0.453 e. The molecule has 30 heavy (non-hydrogen) atoms. The molecule has 0 saturated carbocycles. The molecule has 0 spiro atoms. The quantitative estimate of drug-likeness (QED) is 0.340. The molecule has 0 amide bonds. The molecule has 2 aromatic heterocycles. The molecule has 2 heterocycles. The van der Waals surface area contributed by atoms with E-state index in [4.69, 9.17) is 0 Å². The summed E-state index contributed by atoms with van der Waals surface area (Å²) in [7, 11) is 0. The fraction of sp³-hybridized carbons (Fsp3) is 0.0952. The molecule has 0 saturated heterocycles. The van der Waals surface area contributed by atoms with Crippen molar-refractivity contribution in [3.05, 3.63) is 71.9 Å². The van der Waals surface area contributed by atoms with Crippen LogP contribution in [0.2, 0.25) is 0 Å². The number of aromatic nitrogens is 3. The Morgan fingerprint density at radius 1 is 1.00 bits per heavy atom. The average molecular weight is 415 g/mol. The number of nitrogens with zero attached hydrogens (tertiary/aromatic N) is 2. The molecule has 0 radical (unpaired) electrons. The zero-order valence-corrected chi connectivity index (χ0v) is 15.4. The summed E-state index contributed by atoms with van der Waals surface area (Å²) < 4.78 is 58.4. The molecule has 9 heteroatoms. The first-order valence-electron chi connectivity index (χ1n) is 8.73. The predicted molar refractivity (Wildman–Crippen MR) is 99.9 cm³/mol. The Morgan fingerprint density at radius 2 is 1.63 bits per heavy atom. The highest BCUT2D eigenvalue weighted by Gasteiger charge is 2.41. The van der Waals surface area contributed by atoms with Crippen LogP contribution in [0.5, 0.6) is 0 Å². The first-order valence-corrected chi connectivity index (χ1v) is 8.73. The zero-order chi connectivity index (χ0) is 21.5. The SMILES string of the molecule is CC(=O)c1ccc(-c2ncc(-c3c(-c4ccc(F)cc4)noc3C(F)(F)F)[nH]2)cc1. The molecule has 4 rings (SSSR count). The molecule has 152 valence electrons. The number of rotatable bonds is 4. The van der Waals surface area contributed by atoms with Crippen LogP contribution in [0.25, 0.3) is 33.9 Å². The molecule has 0 bridgehead atoms. The number of carbonyl (C=O) groups excluding carboxylic acids is 1. The van der Waals surface area contributed by atoms with Gasteiger partial charge < -0.3 is 9.51 Å². The van der Waals surface area contributed by atoms with E-state index in [2.05, 4.69) is 19.6 Å². The van der Waals surface area contributed by atoms with Crippen LogP contribution in [-0.2, 0) is 6.18 Å². The molecule has 0 aliphatic rings. The third-order valence-corrected chi connectivity index (χ3v) is 4.48. The van der Waals surface area contributed by atoms with E-state index in [0.717, 1.165) is 12.1 Å². The summed E-state index contributed by atoms with van der Waals surface area (Å²) in [6.07, 6.45) is -3.56. The van der Waals surface area contributed by atoms with E-state index in [9.17, 15) is 22.4 Å². The molecule has 1 N–H and O–H groups in total. The minimum atomic E-state index is -4.80. The van der Waals surface area contributed by atoms with Gasteiger partial charge in [-0.1, -0.05) is 29.4 Å². The van der Waals surface area contributed by atoms with E-state index in [1.807, 2.05) is 0 Å². The molecular weight excluding hydrogens is 402 g/mol. The maximum absolute atomic E-state index is 13.5. The van der Waals surface area contributed by atoms with Crippen LogP contribution in [0.15, 0.2) is 59.3 Å². The van der Waals surface area contributed by atoms with Gasteiger partial charge in [0.05, 0.1) is 17.5 Å². The van der Waals surface area contributed by atoms with Gasteiger partial charge in [-0.3, -0.25) is 4.79 Å². The topological polar surface area (TPSA) is 71.8 Å². The highest BCUT2D eigenvalue weighted by Crippen LogP contribution is 2.42. The van der Waals surface area contributed by atoms with Crippen molar-refractivity contribution in [2.75, 3.05) is 0 Å². The fourth-order valence-electron chi connectivity index (χ4n) is 3.00. The lowest BCUT2D eigenvalue weighted by molar-refractivity contribution is -0.154. The number of hydrogen-bond acceptors (Lipinski definition) is 4. The second kappa shape index (κ2) is 7.25. The van der Waals surface area contributed by atoms with Crippen molar-refractivity contribution >= 4 is 5.78 Å². The number of carbonyl (C=O) groups is 1. The highest BCUT2D eigenvalue weighted by molar-refractivity contribution is 5.94. The van der Waals surface area contributed by atoms with Gasteiger partial charge in [0.2, 0.25) is 5.76 Å². The van der Waals surface area contributed by atoms with Crippen molar-refractivity contribution < 1.29 is 26.9 Å². The van der Waals surface area contributed by atoms with Gasteiger partial charge in [0, 0.05) is 16.7 Å². The second-order valence-electron chi connectivity index (χ2n) is 6.52. The summed E-state index contributed by atoms with van der Waals surface area (Å²) in [5.74, 6) is -1.62. The lowest BCUT2D eigenvalue weighted by Crippen LogP contribution is -2.05. The zero-order valence-electron chi connectivity index (χ0n) is 15.4. The van der Waals surface area contributed by atoms with E-state index in [0.29, 0.717) is 17.0 Å². The van der Waals surface area contributed by atoms with Gasteiger partial charge in [0.25, 0.3) is 0 Å². The van der Waals surface area contributed by atoms with Gasteiger partial charge in [0.15, 0.2) is 5.78 Å². The van der Waals surface area contributed by atoms with E-state index in [1.54, 1.807) is 24.3 Å². The monoisotopic (exact) mass is 415 g/mol. The second-order valence-corrected chi connectivity index (χ2v) is 6.52. The number of ketones is 1. The molecular formula is C21H13F4N3O2. The Hall–Kier alpha value is -3.75.